The molecule has 182 valence electrons. The molecule has 1 amide bonds. The topological polar surface area (TPSA) is 107 Å². The van der Waals surface area contributed by atoms with Gasteiger partial charge in [0.25, 0.3) is 0 Å². The summed E-state index contributed by atoms with van der Waals surface area (Å²) in [7, 11) is -2.19. The van der Waals surface area contributed by atoms with E-state index >= 15 is 0 Å². The Balaban J connectivity index is 1.99. The third kappa shape index (κ3) is 6.27. The van der Waals surface area contributed by atoms with Gasteiger partial charge in [0.05, 0.1) is 13.2 Å². The van der Waals surface area contributed by atoms with Crippen molar-refractivity contribution >= 4 is 15.9 Å². The van der Waals surface area contributed by atoms with E-state index in [4.69, 9.17) is 4.74 Å². The van der Waals surface area contributed by atoms with Crippen molar-refractivity contribution < 1.29 is 28.2 Å². The van der Waals surface area contributed by atoms with Crippen LogP contribution in [0.4, 0.5) is 0 Å². The molecule has 0 saturated heterocycles. The number of rotatable bonds is 6. The van der Waals surface area contributed by atoms with E-state index in [1.807, 2.05) is 6.92 Å². The standard InChI is InChI=1S/C24H34N2O6S/c1-16-13-26(17(2)15-27)33(30,31)23-10-9-19(6-5-18(3)28)11-21(23)32-22(16)14-25(4)24(29)12-20-7-8-20/h9-11,16-18,20,22,27-28H,7-8,12-15H2,1-4H3/t16-,17-,18+,22+/m0/s1. The van der Waals surface area contributed by atoms with Crippen LogP contribution in [0.5, 0.6) is 5.75 Å². The fourth-order valence-electron chi connectivity index (χ4n) is 3.81. The second kappa shape index (κ2) is 10.4. The number of hydrogen-bond donors (Lipinski definition) is 2. The number of benzene rings is 1. The Bertz CT molecular complexity index is 1030. The molecule has 2 N–H and O–H groups in total. The first-order chi connectivity index (χ1) is 15.5. The van der Waals surface area contributed by atoms with Crippen LogP contribution >= 0.6 is 0 Å². The number of amides is 1. The molecule has 33 heavy (non-hydrogen) atoms. The van der Waals surface area contributed by atoms with Crippen molar-refractivity contribution in [3.8, 4) is 17.6 Å². The van der Waals surface area contributed by atoms with E-state index in [0.717, 1.165) is 12.8 Å². The Morgan fingerprint density at radius 2 is 2.03 bits per heavy atom. The lowest BCUT2D eigenvalue weighted by atomic mass is 10.0. The van der Waals surface area contributed by atoms with Gasteiger partial charge >= 0.3 is 0 Å². The van der Waals surface area contributed by atoms with E-state index in [9.17, 15) is 23.4 Å². The first-order valence-electron chi connectivity index (χ1n) is 11.4. The SMILES string of the molecule is C[C@@H](O)C#Cc1ccc2c(c1)O[C@H](CN(C)C(=O)CC1CC1)[C@@H](C)CN([C@@H](C)CO)S2(=O)=O. The van der Waals surface area contributed by atoms with E-state index in [1.54, 1.807) is 37.9 Å². The monoisotopic (exact) mass is 478 g/mol. The van der Waals surface area contributed by atoms with Crippen LogP contribution in [-0.4, -0.2) is 78.7 Å². The highest BCUT2D eigenvalue weighted by Gasteiger charge is 2.38. The van der Waals surface area contributed by atoms with Crippen molar-refractivity contribution in [2.75, 3.05) is 26.7 Å². The fraction of sp³-hybridized carbons (Fsp3) is 0.625. The van der Waals surface area contributed by atoms with Crippen LogP contribution < -0.4 is 4.74 Å². The van der Waals surface area contributed by atoms with Crippen molar-refractivity contribution in [2.45, 2.75) is 63.2 Å². The Morgan fingerprint density at radius 3 is 2.64 bits per heavy atom. The van der Waals surface area contributed by atoms with Crippen LogP contribution in [0.25, 0.3) is 0 Å². The molecule has 0 unspecified atom stereocenters. The Morgan fingerprint density at radius 1 is 1.33 bits per heavy atom. The van der Waals surface area contributed by atoms with Gasteiger partial charge in [0, 0.05) is 37.5 Å². The normalized spacial score (nSPS) is 24.2. The minimum absolute atomic E-state index is 0.00532. The molecular formula is C24H34N2O6S. The first-order valence-corrected chi connectivity index (χ1v) is 12.8. The quantitative estimate of drug-likeness (QED) is 0.600. The van der Waals surface area contributed by atoms with Gasteiger partial charge in [-0.25, -0.2) is 8.42 Å². The van der Waals surface area contributed by atoms with Crippen molar-refractivity contribution in [2.24, 2.45) is 11.8 Å². The molecule has 1 saturated carbocycles. The second-order valence-electron chi connectivity index (χ2n) is 9.27. The summed E-state index contributed by atoms with van der Waals surface area (Å²) >= 11 is 0. The minimum Gasteiger partial charge on any atom is -0.487 e. The summed E-state index contributed by atoms with van der Waals surface area (Å²) in [6.07, 6.45) is 1.42. The minimum atomic E-state index is -3.94. The first kappa shape index (κ1) is 25.5. The summed E-state index contributed by atoms with van der Waals surface area (Å²) in [4.78, 5) is 14.2. The number of aliphatic hydroxyl groups excluding tert-OH is 2. The number of aliphatic hydroxyl groups is 2. The van der Waals surface area contributed by atoms with Gasteiger partial charge in [-0.1, -0.05) is 18.8 Å². The predicted octanol–water partition coefficient (Wildman–Crippen LogP) is 1.45. The number of ether oxygens (including phenoxy) is 1. The average molecular weight is 479 g/mol. The third-order valence-corrected chi connectivity index (χ3v) is 8.15. The third-order valence-electron chi connectivity index (χ3n) is 6.13. The molecule has 1 aromatic carbocycles. The zero-order valence-corrected chi connectivity index (χ0v) is 20.5. The summed E-state index contributed by atoms with van der Waals surface area (Å²) in [5, 5.41) is 19.2. The molecule has 3 rings (SSSR count). The highest BCUT2D eigenvalue weighted by Crippen LogP contribution is 2.35. The zero-order chi connectivity index (χ0) is 24.3. The Labute approximate surface area is 196 Å². The number of hydrogen-bond acceptors (Lipinski definition) is 6. The molecule has 1 fully saturated rings. The van der Waals surface area contributed by atoms with Crippen molar-refractivity contribution in [1.82, 2.24) is 9.21 Å². The largest absolute Gasteiger partial charge is 0.487 e. The van der Waals surface area contributed by atoms with E-state index < -0.39 is 28.3 Å². The average Bonchev–Trinajstić information content (AvgIpc) is 3.57. The van der Waals surface area contributed by atoms with Gasteiger partial charge in [0.15, 0.2) is 0 Å². The maximum Gasteiger partial charge on any atom is 0.247 e. The van der Waals surface area contributed by atoms with Gasteiger partial charge in [-0.3, -0.25) is 4.79 Å². The van der Waals surface area contributed by atoms with Crippen LogP contribution in [-0.2, 0) is 14.8 Å². The molecular weight excluding hydrogens is 444 g/mol. The molecule has 1 aliphatic carbocycles. The number of carbonyl (C=O) groups is 1. The van der Waals surface area contributed by atoms with Crippen molar-refractivity contribution in [3.05, 3.63) is 23.8 Å². The highest BCUT2D eigenvalue weighted by molar-refractivity contribution is 7.89. The van der Waals surface area contributed by atoms with Crippen LogP contribution in [0.15, 0.2) is 23.1 Å². The number of nitrogens with zero attached hydrogens (tertiary/aromatic N) is 2. The number of likely N-dealkylation sites (N-methyl/N-ethyl adjacent to an activating group) is 1. The molecule has 1 heterocycles. The lowest BCUT2D eigenvalue weighted by molar-refractivity contribution is -0.131. The van der Waals surface area contributed by atoms with Crippen LogP contribution in [0.2, 0.25) is 0 Å². The van der Waals surface area contributed by atoms with Crippen molar-refractivity contribution in [3.63, 3.8) is 0 Å². The molecule has 1 aromatic rings. The predicted molar refractivity (Wildman–Crippen MR) is 124 cm³/mol. The molecule has 2 aliphatic rings. The smallest absolute Gasteiger partial charge is 0.247 e. The van der Waals surface area contributed by atoms with Gasteiger partial charge < -0.3 is 19.8 Å². The van der Waals surface area contributed by atoms with Gasteiger partial charge in [0.2, 0.25) is 15.9 Å². The van der Waals surface area contributed by atoms with Crippen LogP contribution in [0, 0.1) is 23.7 Å². The zero-order valence-electron chi connectivity index (χ0n) is 19.7. The number of sulfonamides is 1. The lowest BCUT2D eigenvalue weighted by Gasteiger charge is -2.37. The summed E-state index contributed by atoms with van der Waals surface area (Å²) in [6, 6.07) is 3.96. The van der Waals surface area contributed by atoms with E-state index in [2.05, 4.69) is 11.8 Å². The molecule has 8 nitrogen and oxygen atoms in total. The van der Waals surface area contributed by atoms with E-state index in [1.165, 1.54) is 10.4 Å². The maximum atomic E-state index is 13.5. The van der Waals surface area contributed by atoms with Crippen molar-refractivity contribution in [1.29, 1.82) is 0 Å². The molecule has 4 atom stereocenters. The maximum absolute atomic E-state index is 13.5. The van der Waals surface area contributed by atoms with E-state index in [-0.39, 0.29) is 35.6 Å². The number of carbonyl (C=O) groups excluding carboxylic acids is 1. The molecule has 0 spiro atoms. The van der Waals surface area contributed by atoms with Gasteiger partial charge in [-0.05, 0) is 50.8 Å². The summed E-state index contributed by atoms with van der Waals surface area (Å²) in [5.74, 6) is 5.91. The molecule has 0 radical (unpaired) electrons. The molecule has 0 aromatic heterocycles. The van der Waals surface area contributed by atoms with Gasteiger partial charge in [-0.15, -0.1) is 0 Å². The van der Waals surface area contributed by atoms with Gasteiger partial charge in [0.1, 0.15) is 22.9 Å². The fourth-order valence-corrected chi connectivity index (χ4v) is 5.63. The molecule has 9 heteroatoms. The molecule has 1 aliphatic heterocycles. The highest BCUT2D eigenvalue weighted by atomic mass is 32.2. The van der Waals surface area contributed by atoms with Crippen LogP contribution in [0.3, 0.4) is 0 Å². The molecule has 0 bridgehead atoms. The van der Waals surface area contributed by atoms with E-state index in [0.29, 0.717) is 24.4 Å². The summed E-state index contributed by atoms with van der Waals surface area (Å²) in [6.45, 7) is 5.25. The second-order valence-corrected chi connectivity index (χ2v) is 11.1. The van der Waals surface area contributed by atoms with Crippen LogP contribution in [0.1, 0.15) is 45.6 Å². The number of fused-ring (bicyclic) bond motifs is 1. The summed E-state index contributed by atoms with van der Waals surface area (Å²) < 4.78 is 34.5. The summed E-state index contributed by atoms with van der Waals surface area (Å²) in [5.41, 5.74) is 0.511. The van der Waals surface area contributed by atoms with Gasteiger partial charge in [-0.2, -0.15) is 4.31 Å². The Hall–Kier alpha value is -2.12. The Kier molecular flexibility index (Phi) is 8.06. The lowest BCUT2D eigenvalue weighted by Crippen LogP contribution is -2.50.